The van der Waals surface area contributed by atoms with Crippen molar-refractivity contribution in [1.82, 2.24) is 24.8 Å². The molecule has 0 bridgehead atoms. The van der Waals surface area contributed by atoms with Crippen LogP contribution >= 0.6 is 0 Å². The summed E-state index contributed by atoms with van der Waals surface area (Å²) >= 11 is 0. The Morgan fingerprint density at radius 3 is 2.66 bits per heavy atom. The van der Waals surface area contributed by atoms with E-state index in [0.717, 1.165) is 42.8 Å². The molecule has 0 radical (unpaired) electrons. The predicted octanol–water partition coefficient (Wildman–Crippen LogP) is 2.21. The van der Waals surface area contributed by atoms with Crippen molar-refractivity contribution in [3.63, 3.8) is 0 Å². The summed E-state index contributed by atoms with van der Waals surface area (Å²) in [5.41, 5.74) is 2.35. The fourth-order valence-corrected chi connectivity index (χ4v) is 5.77. The molecule has 0 N–H and O–H groups in total. The van der Waals surface area contributed by atoms with Gasteiger partial charge in [-0.05, 0) is 32.7 Å². The smallest absolute Gasteiger partial charge is 0.227 e. The van der Waals surface area contributed by atoms with Crippen LogP contribution in [0.5, 0.6) is 0 Å². The van der Waals surface area contributed by atoms with Crippen molar-refractivity contribution in [3.05, 3.63) is 23.3 Å². The van der Waals surface area contributed by atoms with Gasteiger partial charge in [-0.15, -0.1) is 0 Å². The van der Waals surface area contributed by atoms with Gasteiger partial charge >= 0.3 is 0 Å². The Kier molecular flexibility index (Phi) is 7.42. The van der Waals surface area contributed by atoms with E-state index in [4.69, 9.17) is 9.37 Å². The van der Waals surface area contributed by atoms with Gasteiger partial charge in [0.05, 0.1) is 24.3 Å². The van der Waals surface area contributed by atoms with Crippen molar-refractivity contribution in [1.29, 1.82) is 0 Å². The highest BCUT2D eigenvalue weighted by molar-refractivity contribution is 7.91. The molecule has 1 aliphatic rings. The van der Waals surface area contributed by atoms with Gasteiger partial charge in [-0.25, -0.2) is 18.0 Å². The first-order valence-corrected chi connectivity index (χ1v) is 11.8. The molecule has 3 rings (SSSR count). The molecule has 0 atom stereocenters. The first-order chi connectivity index (χ1) is 13.9. The van der Waals surface area contributed by atoms with Crippen LogP contribution < -0.4 is 0 Å². The molecule has 29 heavy (non-hydrogen) atoms. The molecule has 10 heteroatoms. The lowest BCUT2D eigenvalue weighted by atomic mass is 9.91. The van der Waals surface area contributed by atoms with E-state index >= 15 is 0 Å². The van der Waals surface area contributed by atoms with Crippen LogP contribution in [0.1, 0.15) is 49.2 Å². The first-order valence-electron chi connectivity index (χ1n) is 10.1. The van der Waals surface area contributed by atoms with E-state index in [1.54, 1.807) is 17.9 Å². The van der Waals surface area contributed by atoms with E-state index < -0.39 is 9.84 Å². The highest BCUT2D eigenvalue weighted by Crippen LogP contribution is 2.27. The number of aryl methyl sites for hydroxylation is 1. The summed E-state index contributed by atoms with van der Waals surface area (Å²) in [4.78, 5) is 6.35. The molecule has 162 valence electrons. The van der Waals surface area contributed by atoms with Crippen LogP contribution in [0, 0.1) is 12.8 Å². The van der Waals surface area contributed by atoms with Crippen LogP contribution in [0.3, 0.4) is 0 Å². The van der Waals surface area contributed by atoms with Crippen molar-refractivity contribution in [2.24, 2.45) is 5.92 Å². The normalized spacial score (nSPS) is 16.0. The Morgan fingerprint density at radius 1 is 1.24 bits per heavy atom. The maximum Gasteiger partial charge on any atom is 0.227 e. The Balaban J connectivity index is 1.77. The van der Waals surface area contributed by atoms with E-state index in [-0.39, 0.29) is 16.8 Å². The minimum atomic E-state index is -3.45. The topological polar surface area (TPSA) is 103 Å². The molecule has 2 heterocycles. The summed E-state index contributed by atoms with van der Waals surface area (Å²) < 4.78 is 38.0. The highest BCUT2D eigenvalue weighted by atomic mass is 32.2. The Morgan fingerprint density at radius 2 is 2.00 bits per heavy atom. The zero-order valence-electron chi connectivity index (χ0n) is 17.5. The third-order valence-electron chi connectivity index (χ3n) is 5.48. The van der Waals surface area contributed by atoms with E-state index in [1.165, 1.54) is 6.42 Å². The SMILES string of the molecule is COCCn1c(CN(C)Cc2nonc2C)cnc1S(=O)(=O)CC1CCCCC1. The van der Waals surface area contributed by atoms with Crippen molar-refractivity contribution < 1.29 is 17.8 Å². The molecule has 2 aromatic rings. The number of methoxy groups -OCH3 is 1. The molecule has 0 spiro atoms. The number of hydrogen-bond donors (Lipinski definition) is 0. The van der Waals surface area contributed by atoms with Crippen molar-refractivity contribution >= 4 is 9.84 Å². The Hall–Kier alpha value is -1.78. The van der Waals surface area contributed by atoms with E-state index in [1.807, 2.05) is 18.9 Å². The molecule has 1 saturated carbocycles. The Bertz CT molecular complexity index is 886. The van der Waals surface area contributed by atoms with Gasteiger partial charge in [-0.2, -0.15) is 0 Å². The summed E-state index contributed by atoms with van der Waals surface area (Å²) in [7, 11) is 0.101. The van der Waals surface area contributed by atoms with Crippen molar-refractivity contribution in [3.8, 4) is 0 Å². The molecule has 2 aromatic heterocycles. The molecule has 0 aliphatic heterocycles. The number of ether oxygens (including phenoxy) is 1. The second-order valence-corrected chi connectivity index (χ2v) is 9.86. The minimum absolute atomic E-state index is 0.155. The average molecular weight is 426 g/mol. The molecule has 9 nitrogen and oxygen atoms in total. The van der Waals surface area contributed by atoms with Gasteiger partial charge in [0.15, 0.2) is 0 Å². The van der Waals surface area contributed by atoms with E-state index in [9.17, 15) is 8.42 Å². The fourth-order valence-electron chi connectivity index (χ4n) is 3.91. The van der Waals surface area contributed by atoms with Gasteiger partial charge in [0, 0.05) is 26.7 Å². The third-order valence-corrected chi connectivity index (χ3v) is 7.27. The van der Waals surface area contributed by atoms with Crippen LogP contribution in [-0.4, -0.2) is 59.7 Å². The quantitative estimate of drug-likeness (QED) is 0.571. The number of sulfone groups is 1. The minimum Gasteiger partial charge on any atom is -0.383 e. The second-order valence-electron chi connectivity index (χ2n) is 7.93. The molecule has 0 amide bonds. The number of nitrogens with zero attached hydrogens (tertiary/aromatic N) is 5. The van der Waals surface area contributed by atoms with Crippen molar-refractivity contribution in [2.45, 2.75) is 63.8 Å². The largest absolute Gasteiger partial charge is 0.383 e. The fraction of sp³-hybridized carbons (Fsp3) is 0.737. The van der Waals surface area contributed by atoms with E-state index in [0.29, 0.717) is 26.2 Å². The van der Waals surface area contributed by atoms with Gasteiger partial charge in [0.1, 0.15) is 11.4 Å². The van der Waals surface area contributed by atoms with Crippen LogP contribution in [-0.2, 0) is 34.2 Å². The predicted molar refractivity (Wildman–Crippen MR) is 107 cm³/mol. The van der Waals surface area contributed by atoms with Crippen LogP contribution in [0.4, 0.5) is 0 Å². The van der Waals surface area contributed by atoms with Gasteiger partial charge < -0.3 is 9.30 Å². The molecule has 1 aliphatic carbocycles. The number of hydrogen-bond acceptors (Lipinski definition) is 8. The lowest BCUT2D eigenvalue weighted by molar-refractivity contribution is 0.181. The molecule has 0 aromatic carbocycles. The summed E-state index contributed by atoms with van der Waals surface area (Å²) in [6, 6.07) is 0. The van der Waals surface area contributed by atoms with Crippen LogP contribution in [0.15, 0.2) is 16.0 Å². The van der Waals surface area contributed by atoms with Gasteiger partial charge in [0.25, 0.3) is 0 Å². The summed E-state index contributed by atoms with van der Waals surface area (Å²) in [5.74, 6) is 0.408. The maximum atomic E-state index is 13.1. The zero-order valence-corrected chi connectivity index (χ0v) is 18.3. The maximum absolute atomic E-state index is 13.1. The Labute approximate surface area is 172 Å². The molecule has 0 unspecified atom stereocenters. The first kappa shape index (κ1) is 21.9. The standard InChI is InChI=1S/C19H31N5O4S/c1-15-18(22-28-21-15)13-23(2)12-17-11-20-19(24(17)9-10-27-3)29(25,26)14-16-7-5-4-6-8-16/h11,16H,4-10,12-14H2,1-3H3. The van der Waals surface area contributed by atoms with Gasteiger partial charge in [-0.3, -0.25) is 4.90 Å². The highest BCUT2D eigenvalue weighted by Gasteiger charge is 2.28. The molecular formula is C19H31N5O4S. The van der Waals surface area contributed by atoms with Crippen LogP contribution in [0.25, 0.3) is 0 Å². The number of aromatic nitrogens is 4. The lowest BCUT2D eigenvalue weighted by Gasteiger charge is -2.22. The van der Waals surface area contributed by atoms with E-state index in [2.05, 4.69) is 15.3 Å². The van der Waals surface area contributed by atoms with Gasteiger partial charge in [0.2, 0.25) is 15.0 Å². The summed E-state index contributed by atoms with van der Waals surface area (Å²) in [5, 5.41) is 7.87. The summed E-state index contributed by atoms with van der Waals surface area (Å²) in [6.45, 7) is 3.80. The lowest BCUT2D eigenvalue weighted by Crippen LogP contribution is -2.25. The third kappa shape index (κ3) is 5.64. The molecule has 1 fully saturated rings. The monoisotopic (exact) mass is 425 g/mol. The summed E-state index contributed by atoms with van der Waals surface area (Å²) in [6.07, 6.45) is 7.07. The number of rotatable bonds is 10. The zero-order chi connectivity index (χ0) is 20.9. The van der Waals surface area contributed by atoms with Crippen LogP contribution in [0.2, 0.25) is 0 Å². The van der Waals surface area contributed by atoms with Crippen molar-refractivity contribution in [2.75, 3.05) is 26.5 Å². The second kappa shape index (κ2) is 9.82. The molecule has 0 saturated heterocycles. The molecular weight excluding hydrogens is 394 g/mol. The average Bonchev–Trinajstić information content (AvgIpc) is 3.27. The number of imidazole rings is 1. The van der Waals surface area contributed by atoms with Gasteiger partial charge in [-0.1, -0.05) is 29.6 Å².